The van der Waals surface area contributed by atoms with Crippen molar-refractivity contribution in [2.24, 2.45) is 9.98 Å². The van der Waals surface area contributed by atoms with Crippen LogP contribution in [0.15, 0.2) is 40.6 Å². The summed E-state index contributed by atoms with van der Waals surface area (Å²) in [6, 6.07) is 4.93. The molecular formula is C19H22FN5O. The van der Waals surface area contributed by atoms with Gasteiger partial charge in [0.2, 0.25) is 0 Å². The van der Waals surface area contributed by atoms with E-state index in [0.717, 1.165) is 18.2 Å². The number of hydrogen-bond acceptors (Lipinski definition) is 5. The summed E-state index contributed by atoms with van der Waals surface area (Å²) >= 11 is 0. The Balaban J connectivity index is 1.43. The van der Waals surface area contributed by atoms with E-state index in [1.165, 1.54) is 6.07 Å². The van der Waals surface area contributed by atoms with Gasteiger partial charge >= 0.3 is 0 Å². The van der Waals surface area contributed by atoms with Crippen molar-refractivity contribution in [2.75, 3.05) is 32.7 Å². The topological polar surface area (TPSA) is 51.5 Å². The molecule has 1 aromatic carbocycles. The first kappa shape index (κ1) is 16.8. The highest BCUT2D eigenvalue weighted by molar-refractivity contribution is 6.41. The molecule has 3 aliphatic heterocycles. The van der Waals surface area contributed by atoms with Gasteiger partial charge in [-0.2, -0.15) is 0 Å². The molecular weight excluding hydrogens is 333 g/mol. The van der Waals surface area contributed by atoms with Crippen molar-refractivity contribution in [1.29, 1.82) is 0 Å². The summed E-state index contributed by atoms with van der Waals surface area (Å²) in [6.07, 6.45) is 3.76. The smallest absolute Gasteiger partial charge is 0.254 e. The number of carbonyl (C=O) groups is 1. The van der Waals surface area contributed by atoms with Crippen molar-refractivity contribution in [3.63, 3.8) is 0 Å². The van der Waals surface area contributed by atoms with Crippen LogP contribution in [0.1, 0.15) is 22.8 Å². The highest BCUT2D eigenvalue weighted by Gasteiger charge is 2.32. The average molecular weight is 355 g/mol. The minimum absolute atomic E-state index is 0.123. The van der Waals surface area contributed by atoms with Gasteiger partial charge in [-0.25, -0.2) is 9.38 Å². The van der Waals surface area contributed by atoms with Gasteiger partial charge in [0.25, 0.3) is 5.91 Å². The Morgan fingerprint density at radius 1 is 1.19 bits per heavy atom. The first-order chi connectivity index (χ1) is 12.5. The van der Waals surface area contributed by atoms with Crippen LogP contribution < -0.4 is 0 Å². The van der Waals surface area contributed by atoms with Crippen LogP contribution in [-0.4, -0.2) is 71.0 Å². The largest absolute Gasteiger partial charge is 0.350 e. The van der Waals surface area contributed by atoms with Crippen LogP contribution in [-0.2, 0) is 0 Å². The van der Waals surface area contributed by atoms with E-state index in [2.05, 4.69) is 26.7 Å². The molecule has 7 heteroatoms. The fourth-order valence-electron chi connectivity index (χ4n) is 3.51. The Morgan fingerprint density at radius 3 is 2.69 bits per heavy atom. The van der Waals surface area contributed by atoms with Crippen molar-refractivity contribution in [3.8, 4) is 0 Å². The number of hydrogen-bond donors (Lipinski definition) is 0. The van der Waals surface area contributed by atoms with E-state index in [1.807, 2.05) is 6.20 Å². The highest BCUT2D eigenvalue weighted by Crippen LogP contribution is 2.18. The number of amidine groups is 2. The molecule has 4 rings (SSSR count). The Labute approximate surface area is 152 Å². The maximum absolute atomic E-state index is 13.7. The molecule has 3 heterocycles. The second kappa shape index (κ2) is 6.55. The molecule has 0 aromatic heterocycles. The first-order valence-electron chi connectivity index (χ1n) is 8.92. The maximum atomic E-state index is 13.7. The van der Waals surface area contributed by atoms with Crippen molar-refractivity contribution in [1.82, 2.24) is 14.7 Å². The molecule has 0 unspecified atom stereocenters. The van der Waals surface area contributed by atoms with Gasteiger partial charge < -0.3 is 14.7 Å². The van der Waals surface area contributed by atoms with E-state index in [1.54, 1.807) is 30.2 Å². The number of fused-ring (bicyclic) bond motifs is 1. The fraction of sp³-hybridized carbons (Fsp3) is 0.421. The quantitative estimate of drug-likeness (QED) is 0.773. The summed E-state index contributed by atoms with van der Waals surface area (Å²) in [6.45, 7) is 7.20. The molecule has 6 nitrogen and oxygen atoms in total. The van der Waals surface area contributed by atoms with Crippen LogP contribution in [0.25, 0.3) is 0 Å². The fourth-order valence-corrected chi connectivity index (χ4v) is 3.51. The minimum atomic E-state index is -0.341. The van der Waals surface area contributed by atoms with Gasteiger partial charge in [-0.05, 0) is 31.5 Å². The Kier molecular flexibility index (Phi) is 4.22. The molecule has 1 fully saturated rings. The second-order valence-electron chi connectivity index (χ2n) is 6.95. The summed E-state index contributed by atoms with van der Waals surface area (Å²) in [5, 5.41) is 0. The minimum Gasteiger partial charge on any atom is -0.350 e. The van der Waals surface area contributed by atoms with Crippen LogP contribution in [0.2, 0.25) is 0 Å². The molecule has 1 aromatic rings. The SMILES string of the molecule is Cc1ccc(C(=O)N2CCN(C3=NC=CN4C[C@@H](C)N=C34)CC2)cc1F. The first-order valence-corrected chi connectivity index (χ1v) is 8.92. The zero-order chi connectivity index (χ0) is 18.3. The number of nitrogens with zero attached hydrogens (tertiary/aromatic N) is 5. The summed E-state index contributed by atoms with van der Waals surface area (Å²) in [4.78, 5) is 27.9. The van der Waals surface area contributed by atoms with Crippen molar-refractivity contribution in [2.45, 2.75) is 19.9 Å². The molecule has 1 saturated heterocycles. The summed E-state index contributed by atoms with van der Waals surface area (Å²) < 4.78 is 13.7. The third-order valence-corrected chi connectivity index (χ3v) is 5.00. The van der Waals surface area contributed by atoms with E-state index in [4.69, 9.17) is 0 Å². The van der Waals surface area contributed by atoms with Crippen LogP contribution in [0, 0.1) is 12.7 Å². The standard InChI is InChI=1S/C19H22FN5O/c1-13-3-4-15(11-16(13)20)19(26)24-9-7-23(8-10-24)17-18-22-14(2)12-25(18)6-5-21-17/h3-6,11,14H,7-10,12H2,1-2H3/t14-/m1/s1. The predicted octanol–water partition coefficient (Wildman–Crippen LogP) is 1.88. The lowest BCUT2D eigenvalue weighted by molar-refractivity contribution is 0.0692. The van der Waals surface area contributed by atoms with Crippen LogP contribution >= 0.6 is 0 Å². The molecule has 3 aliphatic rings. The van der Waals surface area contributed by atoms with E-state index < -0.39 is 0 Å². The summed E-state index contributed by atoms with van der Waals surface area (Å²) in [7, 11) is 0. The van der Waals surface area contributed by atoms with Crippen molar-refractivity contribution in [3.05, 3.63) is 47.5 Å². The van der Waals surface area contributed by atoms with Gasteiger partial charge in [0.15, 0.2) is 11.7 Å². The van der Waals surface area contributed by atoms with Gasteiger partial charge in [0, 0.05) is 50.7 Å². The lowest BCUT2D eigenvalue weighted by Gasteiger charge is -2.37. The number of rotatable bonds is 1. The molecule has 0 bridgehead atoms. The zero-order valence-corrected chi connectivity index (χ0v) is 15.0. The molecule has 136 valence electrons. The molecule has 0 saturated carbocycles. The number of amides is 1. The van der Waals surface area contributed by atoms with E-state index >= 15 is 0 Å². The second-order valence-corrected chi connectivity index (χ2v) is 6.95. The number of aryl methyl sites for hydroxylation is 1. The third kappa shape index (κ3) is 2.98. The maximum Gasteiger partial charge on any atom is 0.254 e. The van der Waals surface area contributed by atoms with Crippen LogP contribution in [0.4, 0.5) is 4.39 Å². The number of carbonyl (C=O) groups excluding carboxylic acids is 1. The van der Waals surface area contributed by atoms with Crippen LogP contribution in [0.5, 0.6) is 0 Å². The molecule has 0 N–H and O–H groups in total. The zero-order valence-electron chi connectivity index (χ0n) is 15.0. The van der Waals surface area contributed by atoms with Crippen molar-refractivity contribution < 1.29 is 9.18 Å². The van der Waals surface area contributed by atoms with Gasteiger partial charge in [-0.15, -0.1) is 0 Å². The van der Waals surface area contributed by atoms with E-state index in [0.29, 0.717) is 37.3 Å². The Morgan fingerprint density at radius 2 is 1.96 bits per heavy atom. The highest BCUT2D eigenvalue weighted by atomic mass is 19.1. The van der Waals surface area contributed by atoms with E-state index in [9.17, 15) is 9.18 Å². The molecule has 0 radical (unpaired) electrons. The number of halogens is 1. The normalized spacial score (nSPS) is 22.3. The molecule has 1 amide bonds. The monoisotopic (exact) mass is 355 g/mol. The van der Waals surface area contributed by atoms with Gasteiger partial charge in [-0.3, -0.25) is 9.79 Å². The van der Waals surface area contributed by atoms with Gasteiger partial charge in [0.05, 0.1) is 6.04 Å². The lowest BCUT2D eigenvalue weighted by atomic mass is 10.1. The third-order valence-electron chi connectivity index (χ3n) is 5.00. The summed E-state index contributed by atoms with van der Waals surface area (Å²) in [5.74, 6) is 1.33. The van der Waals surface area contributed by atoms with Gasteiger partial charge in [0.1, 0.15) is 5.82 Å². The number of aliphatic imine (C=N–C) groups is 2. The molecule has 0 aliphatic carbocycles. The average Bonchev–Trinajstić information content (AvgIpc) is 3.03. The van der Waals surface area contributed by atoms with Crippen LogP contribution in [0.3, 0.4) is 0 Å². The Hall–Kier alpha value is -2.70. The van der Waals surface area contributed by atoms with Crippen molar-refractivity contribution >= 4 is 17.6 Å². The lowest BCUT2D eigenvalue weighted by Crippen LogP contribution is -2.53. The Bertz CT molecular complexity index is 823. The van der Waals surface area contributed by atoms with E-state index in [-0.39, 0.29) is 17.8 Å². The van der Waals surface area contributed by atoms with Gasteiger partial charge in [-0.1, -0.05) is 6.07 Å². The molecule has 26 heavy (non-hydrogen) atoms. The predicted molar refractivity (Wildman–Crippen MR) is 98.8 cm³/mol. The number of piperazine rings is 1. The molecule has 0 spiro atoms. The molecule has 1 atom stereocenters. The number of benzene rings is 1. The summed E-state index contributed by atoms with van der Waals surface area (Å²) in [5.41, 5.74) is 0.950.